The molecule has 1 aromatic carbocycles. The standard InChI is InChI=1S/C19H37N3O4.C16H25N3O2S.C3H8/c1-9-14(4)18(15(26-8)10-11-23)22(7)16(24)12-20-19(25)17(13(2)3)21(5)6;1-11(15(21-3)14-5-4-10-19(14)2)16(20)18-22-13-8-6-12(17)7-9-13;1-3-2/h11,13-15,17-18H,9-10,12H2,1-8H3,(H,20,25);6-9,11,14-15H,4-5,10,17H2,1-3H3,(H,18,20);3H2,1-2H3. The maximum atomic E-state index is 12.6. The highest BCUT2D eigenvalue weighted by Crippen LogP contribution is 2.26. The number of nitrogens with one attached hydrogen (secondary N) is 2. The van der Waals surface area contributed by atoms with E-state index in [0.717, 1.165) is 37.0 Å². The number of benzene rings is 1. The molecule has 1 aliphatic rings. The molecule has 0 spiro atoms. The number of nitrogens with zero attached hydrogens (tertiary/aromatic N) is 3. The lowest BCUT2D eigenvalue weighted by Crippen LogP contribution is -2.53. The Balaban J connectivity index is 0.000000917. The van der Waals surface area contributed by atoms with Crippen LogP contribution in [-0.2, 0) is 28.7 Å². The largest absolute Gasteiger partial charge is 0.399 e. The van der Waals surface area contributed by atoms with Gasteiger partial charge in [-0.1, -0.05) is 61.3 Å². The summed E-state index contributed by atoms with van der Waals surface area (Å²) in [7, 11) is 10.7. The first-order valence-corrected chi connectivity index (χ1v) is 19.1. The van der Waals surface area contributed by atoms with E-state index >= 15 is 0 Å². The van der Waals surface area contributed by atoms with Gasteiger partial charge in [0.2, 0.25) is 17.7 Å². The number of hydrogen-bond donors (Lipinski definition) is 3. The van der Waals surface area contributed by atoms with Gasteiger partial charge in [0.1, 0.15) is 6.29 Å². The molecule has 0 radical (unpaired) electrons. The van der Waals surface area contributed by atoms with E-state index in [1.165, 1.54) is 18.4 Å². The lowest BCUT2D eigenvalue weighted by atomic mass is 9.91. The molecule has 294 valence electrons. The molecule has 7 atom stereocenters. The van der Waals surface area contributed by atoms with Crippen molar-refractivity contribution in [2.24, 2.45) is 17.8 Å². The summed E-state index contributed by atoms with van der Waals surface area (Å²) in [6.07, 6.45) is 4.94. The van der Waals surface area contributed by atoms with E-state index in [4.69, 9.17) is 15.2 Å². The topological polar surface area (TPSA) is 147 Å². The van der Waals surface area contributed by atoms with Crippen molar-refractivity contribution in [3.8, 4) is 0 Å². The second-order valence-electron chi connectivity index (χ2n) is 14.0. The molecular weight excluding hydrogens is 669 g/mol. The Morgan fingerprint density at radius 1 is 1.02 bits per heavy atom. The van der Waals surface area contributed by atoms with Crippen molar-refractivity contribution in [1.29, 1.82) is 0 Å². The average molecular weight is 739 g/mol. The van der Waals surface area contributed by atoms with Crippen molar-refractivity contribution in [3.63, 3.8) is 0 Å². The van der Waals surface area contributed by atoms with Gasteiger partial charge in [-0.25, -0.2) is 0 Å². The first kappa shape index (κ1) is 48.3. The number of likely N-dealkylation sites (N-methyl/N-ethyl adjacent to an activating group) is 3. The van der Waals surface area contributed by atoms with Crippen LogP contribution in [0.1, 0.15) is 80.6 Å². The average Bonchev–Trinajstić information content (AvgIpc) is 3.51. The third-order valence-corrected chi connectivity index (χ3v) is 10.0. The minimum atomic E-state index is -0.364. The van der Waals surface area contributed by atoms with Gasteiger partial charge >= 0.3 is 0 Å². The van der Waals surface area contributed by atoms with Crippen LogP contribution in [-0.4, -0.2) is 125 Å². The Bertz CT molecular complexity index is 1130. The maximum absolute atomic E-state index is 12.6. The van der Waals surface area contributed by atoms with Crippen molar-refractivity contribution >= 4 is 41.6 Å². The van der Waals surface area contributed by atoms with Crippen LogP contribution < -0.4 is 15.8 Å². The van der Waals surface area contributed by atoms with Gasteiger partial charge in [0.25, 0.3) is 0 Å². The molecule has 51 heavy (non-hydrogen) atoms. The number of nitrogens with two attached hydrogens (primary N) is 1. The highest BCUT2D eigenvalue weighted by Gasteiger charge is 2.36. The van der Waals surface area contributed by atoms with Crippen molar-refractivity contribution in [3.05, 3.63) is 24.3 Å². The quantitative estimate of drug-likeness (QED) is 0.110. The van der Waals surface area contributed by atoms with Gasteiger partial charge in [-0.3, -0.25) is 24.0 Å². The van der Waals surface area contributed by atoms with Crippen molar-refractivity contribution in [2.75, 3.05) is 61.2 Å². The predicted molar refractivity (Wildman–Crippen MR) is 209 cm³/mol. The molecule has 0 saturated carbocycles. The molecule has 1 aromatic rings. The molecule has 7 unspecified atom stereocenters. The van der Waals surface area contributed by atoms with Crippen LogP contribution in [0.2, 0.25) is 0 Å². The number of aldehydes is 1. The third kappa shape index (κ3) is 16.7. The van der Waals surface area contributed by atoms with Crippen molar-refractivity contribution in [1.82, 2.24) is 24.7 Å². The summed E-state index contributed by atoms with van der Waals surface area (Å²) in [5.74, 6) is -0.266. The lowest BCUT2D eigenvalue weighted by Gasteiger charge is -2.37. The Kier molecular flexibility index (Phi) is 24.7. The normalized spacial score (nSPS) is 17.8. The number of nitrogen functional groups attached to an aromatic ring is 1. The maximum Gasteiger partial charge on any atom is 0.242 e. The number of anilines is 1. The Hall–Kier alpha value is -2.71. The monoisotopic (exact) mass is 739 g/mol. The van der Waals surface area contributed by atoms with Gasteiger partial charge < -0.3 is 35.1 Å². The SMILES string of the molecule is CCC.CCC(C)C(C(CC=O)OC)N(C)C(=O)CNC(=O)C(C(C)C)N(C)C.COC(C(C)C(=O)NSc1ccc(N)cc1)C1CCCN1C. The molecule has 1 fully saturated rings. The molecule has 1 saturated heterocycles. The molecule has 12 nitrogen and oxygen atoms in total. The molecule has 2 rings (SSSR count). The summed E-state index contributed by atoms with van der Waals surface area (Å²) in [6.45, 7) is 15.2. The fourth-order valence-electron chi connectivity index (χ4n) is 6.33. The number of hydrogen-bond acceptors (Lipinski definition) is 10. The zero-order chi connectivity index (χ0) is 39.3. The summed E-state index contributed by atoms with van der Waals surface area (Å²) in [6, 6.07) is 7.22. The summed E-state index contributed by atoms with van der Waals surface area (Å²) in [5, 5.41) is 2.74. The molecule has 3 amide bonds. The summed E-state index contributed by atoms with van der Waals surface area (Å²) < 4.78 is 14.0. The van der Waals surface area contributed by atoms with Crippen LogP contribution in [0.3, 0.4) is 0 Å². The second kappa shape index (κ2) is 26.1. The third-order valence-electron chi connectivity index (χ3n) is 9.23. The van der Waals surface area contributed by atoms with Crippen LogP contribution in [0.5, 0.6) is 0 Å². The summed E-state index contributed by atoms with van der Waals surface area (Å²) in [4.78, 5) is 55.1. The van der Waals surface area contributed by atoms with E-state index in [0.29, 0.717) is 11.7 Å². The molecule has 0 aliphatic carbocycles. The van der Waals surface area contributed by atoms with Crippen LogP contribution in [0.25, 0.3) is 0 Å². The molecule has 1 aliphatic heterocycles. The van der Waals surface area contributed by atoms with Gasteiger partial charge in [0, 0.05) is 44.3 Å². The minimum absolute atomic E-state index is 0.00558. The van der Waals surface area contributed by atoms with Gasteiger partial charge in [0.05, 0.1) is 36.8 Å². The van der Waals surface area contributed by atoms with E-state index in [-0.39, 0.29) is 72.7 Å². The molecule has 4 N–H and O–H groups in total. The Labute approximate surface area is 313 Å². The number of likely N-dealkylation sites (tertiary alicyclic amines) is 1. The Morgan fingerprint density at radius 2 is 1.61 bits per heavy atom. The first-order chi connectivity index (χ1) is 24.1. The highest BCUT2D eigenvalue weighted by molar-refractivity contribution is 7.98. The summed E-state index contributed by atoms with van der Waals surface area (Å²) >= 11 is 1.31. The molecule has 0 aromatic heterocycles. The van der Waals surface area contributed by atoms with E-state index in [2.05, 4.69) is 35.8 Å². The fraction of sp³-hybridized carbons (Fsp3) is 0.737. The second-order valence-corrected chi connectivity index (χ2v) is 14.8. The van der Waals surface area contributed by atoms with Gasteiger partial charge in [-0.05, 0) is 88.6 Å². The number of carbonyl (C=O) groups is 4. The van der Waals surface area contributed by atoms with Gasteiger partial charge in [0.15, 0.2) is 0 Å². The van der Waals surface area contributed by atoms with Crippen LogP contribution in [0, 0.1) is 17.8 Å². The number of amides is 3. The van der Waals surface area contributed by atoms with Crippen LogP contribution >= 0.6 is 11.9 Å². The smallest absolute Gasteiger partial charge is 0.242 e. The zero-order valence-corrected chi connectivity index (χ0v) is 34.5. The van der Waals surface area contributed by atoms with Crippen molar-refractivity contribution in [2.45, 2.75) is 116 Å². The predicted octanol–water partition coefficient (Wildman–Crippen LogP) is 4.72. The van der Waals surface area contributed by atoms with Crippen molar-refractivity contribution < 1.29 is 28.7 Å². The van der Waals surface area contributed by atoms with Crippen LogP contribution in [0.4, 0.5) is 5.69 Å². The molecule has 0 bridgehead atoms. The first-order valence-electron chi connectivity index (χ1n) is 18.3. The number of methoxy groups -OCH3 is 2. The summed E-state index contributed by atoms with van der Waals surface area (Å²) in [5.41, 5.74) is 6.37. The van der Waals surface area contributed by atoms with E-state index in [1.54, 1.807) is 26.2 Å². The van der Waals surface area contributed by atoms with E-state index in [1.807, 2.05) is 77.9 Å². The molecule has 1 heterocycles. The van der Waals surface area contributed by atoms with E-state index in [9.17, 15) is 19.2 Å². The van der Waals surface area contributed by atoms with Gasteiger partial charge in [-0.2, -0.15) is 0 Å². The zero-order valence-electron chi connectivity index (χ0n) is 33.7. The highest BCUT2D eigenvalue weighted by atomic mass is 32.2. The molecular formula is C38H70N6O6S. The fourth-order valence-corrected chi connectivity index (χ4v) is 7.01. The van der Waals surface area contributed by atoms with Crippen LogP contribution in [0.15, 0.2) is 29.2 Å². The number of carbonyl (C=O) groups excluding carboxylic acids is 4. The lowest BCUT2D eigenvalue weighted by molar-refractivity contribution is -0.139. The number of ether oxygens (including phenoxy) is 2. The molecule has 13 heteroatoms. The van der Waals surface area contributed by atoms with E-state index < -0.39 is 0 Å². The Morgan fingerprint density at radius 3 is 2.04 bits per heavy atom. The van der Waals surface area contributed by atoms with Gasteiger partial charge in [-0.15, -0.1) is 0 Å². The minimum Gasteiger partial charge on any atom is -0.399 e. The number of rotatable bonds is 18.